The highest BCUT2D eigenvalue weighted by atomic mass is 32.2. The second kappa shape index (κ2) is 9.29. The molecule has 0 radical (unpaired) electrons. The van der Waals surface area contributed by atoms with Crippen LogP contribution >= 0.6 is 11.3 Å². The molecule has 0 bridgehead atoms. The molecule has 0 aliphatic carbocycles. The van der Waals surface area contributed by atoms with Gasteiger partial charge in [0.15, 0.2) is 0 Å². The Hall–Kier alpha value is -1.97. The van der Waals surface area contributed by atoms with Crippen LogP contribution in [0.15, 0.2) is 41.9 Å². The average Bonchev–Trinajstić information content (AvgIpc) is 3.19. The van der Waals surface area contributed by atoms with E-state index in [4.69, 9.17) is 0 Å². The van der Waals surface area contributed by atoms with Gasteiger partial charge in [-0.15, -0.1) is 11.3 Å². The van der Waals surface area contributed by atoms with E-state index in [0.717, 1.165) is 10.7 Å². The van der Waals surface area contributed by atoms with E-state index in [-0.39, 0.29) is 11.7 Å². The normalized spacial score (nSPS) is 15.6. The number of anilines is 1. The molecule has 27 heavy (non-hydrogen) atoms. The standard InChI is InChI=1S/C18H24N4O3S2/c23-18(15-16-5-3-13-26-16)20-8-4-14-27(24,25)22-11-9-21(10-12-22)17-6-1-2-7-19-17/h1-3,5-7,13H,4,8-12,14-15H2,(H,20,23). The summed E-state index contributed by atoms with van der Waals surface area (Å²) in [5.41, 5.74) is 0. The van der Waals surface area contributed by atoms with Gasteiger partial charge in [-0.05, 0) is 30.0 Å². The summed E-state index contributed by atoms with van der Waals surface area (Å²) in [4.78, 5) is 19.2. The minimum Gasteiger partial charge on any atom is -0.356 e. The van der Waals surface area contributed by atoms with Crippen molar-refractivity contribution in [3.8, 4) is 0 Å². The minimum absolute atomic E-state index is 0.0515. The number of sulfonamides is 1. The molecule has 9 heteroatoms. The Morgan fingerprint density at radius 3 is 2.63 bits per heavy atom. The van der Waals surface area contributed by atoms with Crippen LogP contribution in [0, 0.1) is 0 Å². The lowest BCUT2D eigenvalue weighted by Gasteiger charge is -2.34. The van der Waals surface area contributed by atoms with Crippen molar-refractivity contribution in [2.24, 2.45) is 0 Å². The molecule has 0 spiro atoms. The average molecular weight is 409 g/mol. The number of nitrogens with one attached hydrogen (secondary N) is 1. The number of amides is 1. The highest BCUT2D eigenvalue weighted by molar-refractivity contribution is 7.89. The first-order valence-electron chi connectivity index (χ1n) is 8.97. The largest absolute Gasteiger partial charge is 0.356 e. The Morgan fingerprint density at radius 1 is 1.15 bits per heavy atom. The van der Waals surface area contributed by atoms with Crippen molar-refractivity contribution in [1.82, 2.24) is 14.6 Å². The quantitative estimate of drug-likeness (QED) is 0.667. The molecule has 1 N–H and O–H groups in total. The molecule has 1 amide bonds. The maximum atomic E-state index is 12.5. The molecule has 0 atom stereocenters. The molecule has 1 aliphatic rings. The first kappa shape index (κ1) is 19.8. The molecule has 3 rings (SSSR count). The SMILES string of the molecule is O=C(Cc1cccs1)NCCCS(=O)(=O)N1CCN(c2ccccn2)CC1. The van der Waals surface area contributed by atoms with Crippen molar-refractivity contribution in [3.05, 3.63) is 46.8 Å². The van der Waals surface area contributed by atoms with Gasteiger partial charge in [-0.2, -0.15) is 4.31 Å². The fourth-order valence-corrected chi connectivity index (χ4v) is 5.17. The van der Waals surface area contributed by atoms with Crippen LogP contribution in [0.2, 0.25) is 0 Å². The Bertz CT molecular complexity index is 818. The summed E-state index contributed by atoms with van der Waals surface area (Å²) in [6.07, 6.45) is 2.50. The molecule has 1 aliphatic heterocycles. The number of piperazine rings is 1. The first-order chi connectivity index (χ1) is 13.0. The topological polar surface area (TPSA) is 82.6 Å². The summed E-state index contributed by atoms with van der Waals surface area (Å²) in [6.45, 7) is 2.56. The van der Waals surface area contributed by atoms with Crippen LogP contribution in [-0.4, -0.2) is 62.1 Å². The van der Waals surface area contributed by atoms with Gasteiger partial charge in [-0.1, -0.05) is 12.1 Å². The Kier molecular flexibility index (Phi) is 6.81. The lowest BCUT2D eigenvalue weighted by atomic mass is 10.3. The molecule has 1 saturated heterocycles. The van der Waals surface area contributed by atoms with Crippen LogP contribution < -0.4 is 10.2 Å². The molecule has 2 aromatic rings. The molecule has 0 saturated carbocycles. The first-order valence-corrected chi connectivity index (χ1v) is 11.5. The van der Waals surface area contributed by atoms with Gasteiger partial charge < -0.3 is 10.2 Å². The van der Waals surface area contributed by atoms with Crippen LogP contribution in [0.5, 0.6) is 0 Å². The van der Waals surface area contributed by atoms with Gasteiger partial charge in [0.25, 0.3) is 0 Å². The molecule has 1 fully saturated rings. The fraction of sp³-hybridized carbons (Fsp3) is 0.444. The van der Waals surface area contributed by atoms with E-state index in [0.29, 0.717) is 45.6 Å². The fourth-order valence-electron chi connectivity index (χ4n) is 2.98. The predicted molar refractivity (Wildman–Crippen MR) is 107 cm³/mol. The Balaban J connectivity index is 1.38. The van der Waals surface area contributed by atoms with Gasteiger partial charge in [0, 0.05) is 43.8 Å². The van der Waals surface area contributed by atoms with E-state index in [1.165, 1.54) is 0 Å². The van der Waals surface area contributed by atoms with Crippen LogP contribution in [0.4, 0.5) is 5.82 Å². The zero-order valence-corrected chi connectivity index (χ0v) is 16.7. The van der Waals surface area contributed by atoms with Crippen molar-refractivity contribution >= 4 is 33.1 Å². The summed E-state index contributed by atoms with van der Waals surface area (Å²) in [7, 11) is -3.30. The molecule has 7 nitrogen and oxygen atoms in total. The summed E-state index contributed by atoms with van der Waals surface area (Å²) in [5.74, 6) is 0.859. The van der Waals surface area contributed by atoms with E-state index in [1.807, 2.05) is 35.7 Å². The molecular weight excluding hydrogens is 384 g/mol. The third-order valence-corrected chi connectivity index (χ3v) is 7.25. The second-order valence-electron chi connectivity index (χ2n) is 6.35. The van der Waals surface area contributed by atoms with Gasteiger partial charge in [0.1, 0.15) is 5.82 Å². The third kappa shape index (κ3) is 5.75. The molecular formula is C18H24N4O3S2. The van der Waals surface area contributed by atoms with E-state index >= 15 is 0 Å². The minimum atomic E-state index is -3.30. The van der Waals surface area contributed by atoms with Crippen LogP contribution in [0.3, 0.4) is 0 Å². The third-order valence-electron chi connectivity index (χ3n) is 4.42. The molecule has 0 unspecified atom stereocenters. The van der Waals surface area contributed by atoms with E-state index < -0.39 is 10.0 Å². The van der Waals surface area contributed by atoms with Crippen molar-refractivity contribution in [1.29, 1.82) is 0 Å². The smallest absolute Gasteiger partial charge is 0.225 e. The number of thiophene rings is 1. The number of pyridine rings is 1. The van der Waals surface area contributed by atoms with E-state index in [1.54, 1.807) is 21.8 Å². The number of carbonyl (C=O) groups is 1. The predicted octanol–water partition coefficient (Wildman–Crippen LogP) is 1.34. The highest BCUT2D eigenvalue weighted by Crippen LogP contribution is 2.15. The number of nitrogens with zero attached hydrogens (tertiary/aromatic N) is 3. The van der Waals surface area contributed by atoms with Crippen molar-refractivity contribution in [2.75, 3.05) is 43.4 Å². The maximum Gasteiger partial charge on any atom is 0.225 e. The molecule has 3 heterocycles. The Labute approximate surface area is 164 Å². The number of carbonyl (C=O) groups excluding carboxylic acids is 1. The van der Waals surface area contributed by atoms with E-state index in [9.17, 15) is 13.2 Å². The monoisotopic (exact) mass is 408 g/mol. The summed E-state index contributed by atoms with van der Waals surface area (Å²) < 4.78 is 26.6. The van der Waals surface area contributed by atoms with Gasteiger partial charge in [-0.25, -0.2) is 13.4 Å². The lowest BCUT2D eigenvalue weighted by Crippen LogP contribution is -2.49. The van der Waals surface area contributed by atoms with Crippen LogP contribution in [0.1, 0.15) is 11.3 Å². The zero-order valence-electron chi connectivity index (χ0n) is 15.1. The van der Waals surface area contributed by atoms with Crippen LogP contribution in [0.25, 0.3) is 0 Å². The molecule has 0 aromatic carbocycles. The number of hydrogen-bond acceptors (Lipinski definition) is 6. The number of hydrogen-bond donors (Lipinski definition) is 1. The summed E-state index contributed by atoms with van der Waals surface area (Å²) in [5, 5.41) is 4.73. The highest BCUT2D eigenvalue weighted by Gasteiger charge is 2.26. The van der Waals surface area contributed by atoms with Crippen molar-refractivity contribution in [2.45, 2.75) is 12.8 Å². The van der Waals surface area contributed by atoms with Gasteiger partial charge in [0.2, 0.25) is 15.9 Å². The van der Waals surface area contributed by atoms with Gasteiger partial charge >= 0.3 is 0 Å². The second-order valence-corrected chi connectivity index (χ2v) is 9.47. The lowest BCUT2D eigenvalue weighted by molar-refractivity contribution is -0.120. The molecule has 2 aromatic heterocycles. The summed E-state index contributed by atoms with van der Waals surface area (Å²) >= 11 is 1.54. The van der Waals surface area contributed by atoms with Crippen molar-refractivity contribution < 1.29 is 13.2 Å². The van der Waals surface area contributed by atoms with Gasteiger partial charge in [-0.3, -0.25) is 4.79 Å². The van der Waals surface area contributed by atoms with Crippen LogP contribution in [-0.2, 0) is 21.2 Å². The maximum absolute atomic E-state index is 12.5. The summed E-state index contributed by atoms with van der Waals surface area (Å²) in [6, 6.07) is 9.55. The number of rotatable bonds is 8. The van der Waals surface area contributed by atoms with E-state index in [2.05, 4.69) is 15.2 Å². The van der Waals surface area contributed by atoms with Crippen molar-refractivity contribution in [3.63, 3.8) is 0 Å². The van der Waals surface area contributed by atoms with Gasteiger partial charge in [0.05, 0.1) is 12.2 Å². The zero-order chi connectivity index (χ0) is 19.1. The molecule has 146 valence electrons. The Morgan fingerprint density at radius 2 is 1.96 bits per heavy atom. The number of aromatic nitrogens is 1.